The smallest absolute Gasteiger partial charge is 0.415 e. The first-order chi connectivity index (χ1) is 26.1. The first kappa shape index (κ1) is 41.7. The molecule has 0 fully saturated rings. The van der Waals surface area contributed by atoms with Crippen LogP contribution in [0.1, 0.15) is 75.3 Å². The van der Waals surface area contributed by atoms with E-state index in [0.29, 0.717) is 44.5 Å². The van der Waals surface area contributed by atoms with E-state index in [-0.39, 0.29) is 23.6 Å². The van der Waals surface area contributed by atoms with Crippen LogP contribution in [-0.4, -0.2) is 46.4 Å². The minimum absolute atomic E-state index is 0.0460. The number of hydrogen-bond donors (Lipinski definition) is 0. The Morgan fingerprint density at radius 3 is 1.93 bits per heavy atom. The van der Waals surface area contributed by atoms with E-state index in [0.717, 1.165) is 33.6 Å². The fourth-order valence-corrected chi connectivity index (χ4v) is 7.37. The monoisotopic (exact) mass is 765 g/mol. The molecule has 0 saturated heterocycles. The first-order valence-corrected chi connectivity index (χ1v) is 22.1. The Hall–Kier alpha value is -4.41. The van der Waals surface area contributed by atoms with Crippen LogP contribution in [-0.2, 0) is 45.1 Å². The van der Waals surface area contributed by atoms with Crippen molar-refractivity contribution in [2.24, 2.45) is 0 Å². The molecule has 9 heteroatoms. The number of benzene rings is 4. The van der Waals surface area contributed by atoms with E-state index in [9.17, 15) is 4.79 Å². The third kappa shape index (κ3) is 11.8. The molecule has 0 unspecified atom stereocenters. The molecule has 1 aliphatic heterocycles. The molecule has 1 aliphatic rings. The summed E-state index contributed by atoms with van der Waals surface area (Å²) >= 11 is 0. The number of carbonyl (C=O) groups is 1. The topological polar surface area (TPSA) is 75.7 Å². The van der Waals surface area contributed by atoms with Crippen molar-refractivity contribution in [3.8, 4) is 11.5 Å². The van der Waals surface area contributed by atoms with Gasteiger partial charge in [-0.1, -0.05) is 106 Å². The minimum Gasteiger partial charge on any atom is -0.497 e. The normalized spacial score (nSPS) is 16.8. The van der Waals surface area contributed by atoms with Crippen molar-refractivity contribution in [2.75, 3.05) is 25.2 Å². The Labute approximate surface area is 329 Å². The van der Waals surface area contributed by atoms with Crippen LogP contribution in [0.5, 0.6) is 11.5 Å². The molecule has 1 amide bonds. The molecule has 55 heavy (non-hydrogen) atoms. The molecular formula is C46H59NO7Si. The average molecular weight is 766 g/mol. The third-order valence-electron chi connectivity index (χ3n) is 10.0. The summed E-state index contributed by atoms with van der Waals surface area (Å²) in [6.45, 7) is 19.0. The van der Waals surface area contributed by atoms with Crippen molar-refractivity contribution in [2.45, 2.75) is 104 Å². The molecule has 0 aliphatic carbocycles. The highest BCUT2D eigenvalue weighted by molar-refractivity contribution is 6.74. The number of anilines is 1. The summed E-state index contributed by atoms with van der Waals surface area (Å²) in [5.74, 6) is 1.08. The Bertz CT molecular complexity index is 1850. The molecule has 2 atom stereocenters. The molecule has 5 rings (SSSR count). The molecule has 0 saturated carbocycles. The number of amides is 1. The van der Waals surface area contributed by atoms with Crippen LogP contribution in [0, 0.1) is 0 Å². The summed E-state index contributed by atoms with van der Waals surface area (Å²) in [5.41, 5.74) is 4.80. The summed E-state index contributed by atoms with van der Waals surface area (Å²) in [6.07, 6.45) is 3.30. The highest BCUT2D eigenvalue weighted by atomic mass is 28.4. The highest BCUT2D eigenvalue weighted by Crippen LogP contribution is 2.45. The third-order valence-corrected chi connectivity index (χ3v) is 14.5. The molecule has 4 aromatic carbocycles. The second-order valence-electron chi connectivity index (χ2n) is 16.6. The van der Waals surface area contributed by atoms with E-state index >= 15 is 0 Å². The van der Waals surface area contributed by atoms with E-state index in [2.05, 4.69) is 39.9 Å². The molecule has 294 valence electrons. The van der Waals surface area contributed by atoms with Crippen molar-refractivity contribution in [3.05, 3.63) is 137 Å². The van der Waals surface area contributed by atoms with E-state index in [1.807, 2.05) is 124 Å². The van der Waals surface area contributed by atoms with Gasteiger partial charge in [0, 0.05) is 18.0 Å². The summed E-state index contributed by atoms with van der Waals surface area (Å²) < 4.78 is 38.4. The lowest BCUT2D eigenvalue weighted by Gasteiger charge is -2.42. The fraction of sp³-hybridized carbons (Fsp3) is 0.413. The van der Waals surface area contributed by atoms with Gasteiger partial charge >= 0.3 is 6.09 Å². The maximum Gasteiger partial charge on any atom is 0.415 e. The van der Waals surface area contributed by atoms with Gasteiger partial charge in [-0.2, -0.15) is 0 Å². The Morgan fingerprint density at radius 1 is 0.745 bits per heavy atom. The van der Waals surface area contributed by atoms with Crippen molar-refractivity contribution in [3.63, 3.8) is 0 Å². The maximum atomic E-state index is 14.2. The molecule has 8 nitrogen and oxygen atoms in total. The van der Waals surface area contributed by atoms with Gasteiger partial charge in [-0.15, -0.1) is 0 Å². The van der Waals surface area contributed by atoms with Crippen LogP contribution >= 0.6 is 0 Å². The van der Waals surface area contributed by atoms with Gasteiger partial charge in [0.05, 0.1) is 45.3 Å². The number of rotatable bonds is 14. The molecular weight excluding hydrogens is 707 g/mol. The number of hydrogen-bond acceptors (Lipinski definition) is 7. The largest absolute Gasteiger partial charge is 0.497 e. The number of ether oxygens (including phenoxy) is 5. The Morgan fingerprint density at radius 2 is 1.33 bits per heavy atom. The van der Waals surface area contributed by atoms with Gasteiger partial charge in [0.15, 0.2) is 8.32 Å². The summed E-state index contributed by atoms with van der Waals surface area (Å²) in [7, 11) is -0.655. The standard InChI is InChI=1S/C46H59NO7Si/c1-45(2,3)53-44(48)47-26-16-21-41(54-55(8,9)46(4,5)6)39(33-51-30-36-22-24-38(49-7)25-23-36)43-40(47)27-37(31-50-29-34-17-12-10-13-18-34)28-42(43)52-32-35-19-14-11-15-20-35/h10-25,27-28,39,41H,26,29-33H2,1-9H3/b21-16-/t39-,41+/m1/s1. The molecule has 4 aromatic rings. The lowest BCUT2D eigenvalue weighted by molar-refractivity contribution is 0.0575. The molecule has 0 spiro atoms. The van der Waals surface area contributed by atoms with E-state index in [1.54, 1.807) is 12.0 Å². The minimum atomic E-state index is -2.31. The molecule has 0 N–H and O–H groups in total. The van der Waals surface area contributed by atoms with E-state index < -0.39 is 20.0 Å². The van der Waals surface area contributed by atoms with Gasteiger partial charge < -0.3 is 28.1 Å². The van der Waals surface area contributed by atoms with Gasteiger partial charge in [-0.25, -0.2) is 4.79 Å². The predicted molar refractivity (Wildman–Crippen MR) is 222 cm³/mol. The molecule has 0 radical (unpaired) electrons. The lowest BCUT2D eigenvalue weighted by Crippen LogP contribution is -2.46. The van der Waals surface area contributed by atoms with Crippen LogP contribution in [0.15, 0.2) is 109 Å². The molecule has 0 aromatic heterocycles. The molecule has 0 bridgehead atoms. The quantitative estimate of drug-likeness (QED) is 0.0934. The summed E-state index contributed by atoms with van der Waals surface area (Å²) in [5, 5.41) is -0.0460. The lowest BCUT2D eigenvalue weighted by atomic mass is 9.88. The van der Waals surface area contributed by atoms with Crippen LogP contribution in [0.3, 0.4) is 0 Å². The summed E-state index contributed by atoms with van der Waals surface area (Å²) in [4.78, 5) is 15.9. The SMILES string of the molecule is COc1ccc(COC[C@H]2c3c(OCc4ccccc4)cc(COCc4ccccc4)cc3N(C(=O)OC(C)(C)C)C/C=C\[C@@H]2O[Si](C)(C)C(C)(C)C)cc1. The van der Waals surface area contributed by atoms with Crippen molar-refractivity contribution in [1.82, 2.24) is 0 Å². The maximum absolute atomic E-state index is 14.2. The van der Waals surface area contributed by atoms with Crippen LogP contribution in [0.25, 0.3) is 0 Å². The molecule has 1 heterocycles. The number of nitrogens with zero attached hydrogens (tertiary/aromatic N) is 1. The Kier molecular flexibility index (Phi) is 14.0. The summed E-state index contributed by atoms with van der Waals surface area (Å²) in [6, 6.07) is 32.2. The average Bonchev–Trinajstić information content (AvgIpc) is 3.13. The van der Waals surface area contributed by atoms with E-state index in [1.165, 1.54) is 0 Å². The van der Waals surface area contributed by atoms with Crippen LogP contribution in [0.2, 0.25) is 18.1 Å². The van der Waals surface area contributed by atoms with Gasteiger partial charge in [0.25, 0.3) is 0 Å². The van der Waals surface area contributed by atoms with Gasteiger partial charge in [-0.3, -0.25) is 4.90 Å². The van der Waals surface area contributed by atoms with Gasteiger partial charge in [0.1, 0.15) is 23.7 Å². The second kappa shape index (κ2) is 18.5. The van der Waals surface area contributed by atoms with Crippen molar-refractivity contribution in [1.29, 1.82) is 0 Å². The first-order valence-electron chi connectivity index (χ1n) is 19.1. The number of methoxy groups -OCH3 is 1. The zero-order valence-corrected chi connectivity index (χ0v) is 35.1. The van der Waals surface area contributed by atoms with Gasteiger partial charge in [0.2, 0.25) is 0 Å². The predicted octanol–water partition coefficient (Wildman–Crippen LogP) is 11.0. The Balaban J connectivity index is 1.64. The second-order valence-corrected chi connectivity index (χ2v) is 21.4. The van der Waals surface area contributed by atoms with Crippen molar-refractivity contribution >= 4 is 20.1 Å². The number of carbonyl (C=O) groups excluding carboxylic acids is 1. The zero-order valence-electron chi connectivity index (χ0n) is 34.1. The number of fused-ring (bicyclic) bond motifs is 1. The van der Waals surface area contributed by atoms with Crippen LogP contribution in [0.4, 0.5) is 10.5 Å². The highest BCUT2D eigenvalue weighted by Gasteiger charge is 2.42. The zero-order chi connectivity index (χ0) is 39.6. The fourth-order valence-electron chi connectivity index (χ4n) is 6.09. The van der Waals surface area contributed by atoms with Crippen molar-refractivity contribution < 1.29 is 32.9 Å². The van der Waals surface area contributed by atoms with Gasteiger partial charge in [-0.05, 0) is 85.4 Å². The van der Waals surface area contributed by atoms with E-state index in [4.69, 9.17) is 28.1 Å². The van der Waals surface area contributed by atoms with Crippen LogP contribution < -0.4 is 14.4 Å².